The number of hydrogen-bond acceptors (Lipinski definition) is 6. The smallest absolute Gasteiger partial charge is 0.410 e. The van der Waals surface area contributed by atoms with Gasteiger partial charge in [0, 0.05) is 6.54 Å². The number of carbonyl (C=O) groups excluding carboxylic acids is 2. The molecule has 2 amide bonds. The fourth-order valence-corrected chi connectivity index (χ4v) is 20.4. The highest BCUT2D eigenvalue weighted by Crippen LogP contribution is 2.27. The van der Waals surface area contributed by atoms with E-state index in [1.165, 1.54) is 128 Å². The van der Waals surface area contributed by atoms with E-state index in [1.54, 1.807) is 16.7 Å². The maximum atomic E-state index is 13.2. The molecule has 0 aliphatic carbocycles. The predicted octanol–water partition coefficient (Wildman–Crippen LogP) is 13.6. The second kappa shape index (κ2) is 32.7. The number of nitrogens with zero attached hydrogens (tertiary/aromatic N) is 1. The second-order valence-corrected chi connectivity index (χ2v) is 31.6. The van der Waals surface area contributed by atoms with Crippen molar-refractivity contribution < 1.29 is 22.6 Å². The molecule has 0 bridgehead atoms. The van der Waals surface area contributed by atoms with E-state index >= 15 is 0 Å². The molecular formula is C42H90N2O5SSi3. The molecule has 0 aromatic rings. The molecule has 0 saturated carbocycles. The zero-order valence-electron chi connectivity index (χ0n) is 36.8. The average molecular weight is 820 g/mol. The standard InChI is InChI=1S/C42H90N2O5SSi3/c1-10-11-12-13-14-15-16-17-18-19-20-21-23-26-29-32-36-44(40(41(43)45)35-38-50-2)42(46)47-37-33-30-27-24-22-25-28-31-34-39-53(9,48-51(3,4)5)49-52(6,7)8/h40H,10-39H2,1-9H3,(H2,43,45). The lowest BCUT2D eigenvalue weighted by atomic mass is 10.0. The first-order chi connectivity index (χ1) is 25.1. The highest BCUT2D eigenvalue weighted by Gasteiger charge is 2.39. The molecule has 0 radical (unpaired) electrons. The Morgan fingerprint density at radius 2 is 0.962 bits per heavy atom. The van der Waals surface area contributed by atoms with E-state index in [4.69, 9.17) is 18.7 Å². The third-order valence-corrected chi connectivity index (χ3v) is 20.1. The normalized spacial score (nSPS) is 13.0. The number of unbranched alkanes of at least 4 members (excludes halogenated alkanes) is 23. The maximum Gasteiger partial charge on any atom is 0.410 e. The van der Waals surface area contributed by atoms with Crippen molar-refractivity contribution in [1.82, 2.24) is 4.90 Å². The second-order valence-electron chi connectivity index (χ2n) is 17.8. The van der Waals surface area contributed by atoms with Crippen molar-refractivity contribution in [2.24, 2.45) is 5.73 Å². The number of ether oxygens (including phenoxy) is 1. The number of nitrogens with two attached hydrogens (primary N) is 1. The lowest BCUT2D eigenvalue weighted by molar-refractivity contribution is -0.123. The summed E-state index contributed by atoms with van der Waals surface area (Å²) in [5.74, 6) is 0.362. The van der Waals surface area contributed by atoms with Crippen molar-refractivity contribution in [2.45, 2.75) is 232 Å². The quantitative estimate of drug-likeness (QED) is 0.0493. The molecule has 0 aliphatic rings. The molecule has 0 saturated heterocycles. The third kappa shape index (κ3) is 33.5. The van der Waals surface area contributed by atoms with Gasteiger partial charge in [-0.1, -0.05) is 155 Å². The first-order valence-electron chi connectivity index (χ1n) is 22.3. The lowest BCUT2D eigenvalue weighted by Crippen LogP contribution is -2.52. The predicted molar refractivity (Wildman–Crippen MR) is 240 cm³/mol. The molecular weight excluding hydrogens is 729 g/mol. The summed E-state index contributed by atoms with van der Waals surface area (Å²) in [6.07, 6.45) is 33.7. The molecule has 0 aromatic heterocycles. The summed E-state index contributed by atoms with van der Waals surface area (Å²) in [7, 11) is -5.37. The summed E-state index contributed by atoms with van der Waals surface area (Å²) >= 11 is 1.67. The summed E-state index contributed by atoms with van der Waals surface area (Å²) in [5.41, 5.74) is 5.80. The monoisotopic (exact) mass is 819 g/mol. The number of amides is 2. The summed E-state index contributed by atoms with van der Waals surface area (Å²) in [5, 5.41) is 0. The molecule has 2 N–H and O–H groups in total. The van der Waals surface area contributed by atoms with Crippen LogP contribution in [0, 0.1) is 0 Å². The van der Waals surface area contributed by atoms with Crippen LogP contribution in [0.5, 0.6) is 0 Å². The number of rotatable bonds is 38. The topological polar surface area (TPSA) is 91.1 Å². The van der Waals surface area contributed by atoms with Gasteiger partial charge in [-0.3, -0.25) is 9.69 Å². The molecule has 0 rings (SSSR count). The van der Waals surface area contributed by atoms with Crippen LogP contribution in [-0.2, 0) is 17.8 Å². The number of primary amides is 1. The molecule has 0 fully saturated rings. The molecule has 0 spiro atoms. The molecule has 0 heterocycles. The van der Waals surface area contributed by atoms with E-state index in [0.717, 1.165) is 43.9 Å². The van der Waals surface area contributed by atoms with Gasteiger partial charge >= 0.3 is 14.7 Å². The Kier molecular flexibility index (Phi) is 32.5. The number of carbonyl (C=O) groups is 2. The van der Waals surface area contributed by atoms with Crippen LogP contribution in [0.3, 0.4) is 0 Å². The van der Waals surface area contributed by atoms with Crippen molar-refractivity contribution in [3.8, 4) is 0 Å². The fourth-order valence-electron chi connectivity index (χ4n) is 7.33. The van der Waals surface area contributed by atoms with Crippen LogP contribution >= 0.6 is 11.8 Å². The summed E-state index contributed by atoms with van der Waals surface area (Å²) in [6, 6.07) is 0.512. The minimum absolute atomic E-state index is 0.375. The summed E-state index contributed by atoms with van der Waals surface area (Å²) in [6.45, 7) is 19.2. The van der Waals surface area contributed by atoms with Crippen LogP contribution in [0.25, 0.3) is 0 Å². The average Bonchev–Trinajstić information content (AvgIpc) is 3.05. The van der Waals surface area contributed by atoms with Crippen LogP contribution in [-0.4, -0.2) is 73.3 Å². The lowest BCUT2D eigenvalue weighted by Gasteiger charge is -2.38. The van der Waals surface area contributed by atoms with Crippen molar-refractivity contribution in [3.63, 3.8) is 0 Å². The fraction of sp³-hybridized carbons (Fsp3) is 0.952. The third-order valence-electron chi connectivity index (χ3n) is 9.83. The molecule has 0 aromatic carbocycles. The van der Waals surface area contributed by atoms with Gasteiger partial charge in [-0.25, -0.2) is 4.79 Å². The van der Waals surface area contributed by atoms with Gasteiger partial charge in [0.15, 0.2) is 16.6 Å². The van der Waals surface area contributed by atoms with E-state index in [1.807, 2.05) is 6.26 Å². The highest BCUT2D eigenvalue weighted by molar-refractivity contribution is 7.98. The van der Waals surface area contributed by atoms with Crippen LogP contribution in [0.4, 0.5) is 4.79 Å². The van der Waals surface area contributed by atoms with Gasteiger partial charge in [0.2, 0.25) is 5.91 Å². The minimum atomic E-state index is -2.11. The Bertz CT molecular complexity index is 872. The first kappa shape index (κ1) is 52.7. The largest absolute Gasteiger partial charge is 0.449 e. The summed E-state index contributed by atoms with van der Waals surface area (Å²) in [4.78, 5) is 27.2. The van der Waals surface area contributed by atoms with E-state index in [2.05, 4.69) is 52.8 Å². The van der Waals surface area contributed by atoms with Gasteiger partial charge in [0.05, 0.1) is 6.61 Å². The highest BCUT2D eigenvalue weighted by atomic mass is 32.2. The summed E-state index contributed by atoms with van der Waals surface area (Å²) < 4.78 is 19.0. The first-order valence-corrected chi connectivity index (χ1v) is 33.0. The Labute approximate surface area is 337 Å². The van der Waals surface area contributed by atoms with Gasteiger partial charge in [0.25, 0.3) is 0 Å². The van der Waals surface area contributed by atoms with Gasteiger partial charge in [-0.05, 0) is 83.1 Å². The van der Waals surface area contributed by atoms with E-state index in [-0.39, 0.29) is 6.09 Å². The van der Waals surface area contributed by atoms with Crippen molar-refractivity contribution in [3.05, 3.63) is 0 Å². The van der Waals surface area contributed by atoms with E-state index in [0.29, 0.717) is 19.6 Å². The minimum Gasteiger partial charge on any atom is -0.449 e. The Morgan fingerprint density at radius 1 is 0.585 bits per heavy atom. The zero-order valence-corrected chi connectivity index (χ0v) is 40.6. The van der Waals surface area contributed by atoms with Crippen LogP contribution in [0.15, 0.2) is 0 Å². The van der Waals surface area contributed by atoms with Crippen molar-refractivity contribution in [2.75, 3.05) is 25.2 Å². The molecule has 0 aliphatic heterocycles. The number of thioether (sulfide) groups is 1. The Morgan fingerprint density at radius 3 is 1.34 bits per heavy atom. The number of hydrogen-bond donors (Lipinski definition) is 1. The van der Waals surface area contributed by atoms with E-state index < -0.39 is 37.1 Å². The molecule has 53 heavy (non-hydrogen) atoms. The van der Waals surface area contributed by atoms with Crippen LogP contribution < -0.4 is 5.73 Å². The van der Waals surface area contributed by atoms with Gasteiger partial charge in [-0.2, -0.15) is 11.8 Å². The molecule has 1 atom stereocenters. The van der Waals surface area contributed by atoms with Crippen LogP contribution in [0.1, 0.15) is 174 Å². The SMILES string of the molecule is CCCCCCCCCCCCCCCCCCN(C(=O)OCCCCCCCCCCC[Si](C)(O[Si](C)(C)C)O[Si](C)(C)C)C(CCSC)C(N)=O. The molecule has 1 unspecified atom stereocenters. The van der Waals surface area contributed by atoms with Crippen molar-refractivity contribution in [1.29, 1.82) is 0 Å². The van der Waals surface area contributed by atoms with E-state index in [9.17, 15) is 9.59 Å². The Hall–Kier alpha value is -0.339. The Balaban J connectivity index is 4.25. The molecule has 11 heteroatoms. The van der Waals surface area contributed by atoms with Gasteiger partial charge in [0.1, 0.15) is 6.04 Å². The molecule has 7 nitrogen and oxygen atoms in total. The maximum absolute atomic E-state index is 13.2. The molecule has 316 valence electrons. The van der Waals surface area contributed by atoms with Crippen LogP contribution in [0.2, 0.25) is 51.9 Å². The van der Waals surface area contributed by atoms with Crippen molar-refractivity contribution >= 4 is 49.0 Å². The zero-order chi connectivity index (χ0) is 39.9. The van der Waals surface area contributed by atoms with Gasteiger partial charge < -0.3 is 18.7 Å². The van der Waals surface area contributed by atoms with Gasteiger partial charge in [-0.15, -0.1) is 0 Å².